The van der Waals surface area contributed by atoms with Crippen LogP contribution in [0.15, 0.2) is 18.2 Å². The molecular weight excluding hydrogens is 232 g/mol. The summed E-state index contributed by atoms with van der Waals surface area (Å²) >= 11 is 0. The Morgan fingerprint density at radius 2 is 2.11 bits per heavy atom. The lowest BCUT2D eigenvalue weighted by molar-refractivity contribution is 0.0697. The monoisotopic (exact) mass is 252 g/mol. The summed E-state index contributed by atoms with van der Waals surface area (Å²) in [7, 11) is 0. The highest BCUT2D eigenvalue weighted by molar-refractivity contribution is 5.95. The molecular formula is C13H20N2O3. The second-order valence-electron chi connectivity index (χ2n) is 4.45. The van der Waals surface area contributed by atoms with E-state index < -0.39 is 5.97 Å². The van der Waals surface area contributed by atoms with Gasteiger partial charge in [0.05, 0.1) is 11.3 Å². The minimum atomic E-state index is -0.973. The first kappa shape index (κ1) is 14.3. The van der Waals surface area contributed by atoms with Crippen LogP contribution in [0.3, 0.4) is 0 Å². The Hall–Kier alpha value is -1.75. The normalized spacial score (nSPS) is 10.7. The van der Waals surface area contributed by atoms with Gasteiger partial charge in [0, 0.05) is 24.9 Å². The number of nitrogens with zero attached hydrogens (tertiary/aromatic N) is 1. The molecule has 0 aliphatic heterocycles. The van der Waals surface area contributed by atoms with Gasteiger partial charge in [0.15, 0.2) is 0 Å². The number of nitrogens with two attached hydrogens (primary N) is 1. The Kier molecular flexibility index (Phi) is 4.97. The van der Waals surface area contributed by atoms with Gasteiger partial charge >= 0.3 is 5.97 Å². The van der Waals surface area contributed by atoms with Crippen LogP contribution in [0.1, 0.15) is 30.6 Å². The maximum Gasteiger partial charge on any atom is 0.337 e. The van der Waals surface area contributed by atoms with E-state index in [1.807, 2.05) is 18.7 Å². The highest BCUT2D eigenvalue weighted by Crippen LogP contribution is 2.25. The Morgan fingerprint density at radius 1 is 1.44 bits per heavy atom. The summed E-state index contributed by atoms with van der Waals surface area (Å²) in [6.07, 6.45) is 0.589. The molecule has 5 heteroatoms. The highest BCUT2D eigenvalue weighted by Gasteiger charge is 2.18. The molecule has 5 nitrogen and oxygen atoms in total. The molecule has 0 aliphatic rings. The Labute approximate surface area is 107 Å². The largest absolute Gasteiger partial charge is 0.478 e. The Morgan fingerprint density at radius 3 is 2.61 bits per heavy atom. The second-order valence-corrected chi connectivity index (χ2v) is 4.45. The molecule has 0 spiro atoms. The number of benzene rings is 1. The van der Waals surface area contributed by atoms with E-state index in [1.54, 1.807) is 12.1 Å². The van der Waals surface area contributed by atoms with E-state index in [0.29, 0.717) is 24.3 Å². The maximum atomic E-state index is 11.2. The lowest BCUT2D eigenvalue weighted by Crippen LogP contribution is -2.33. The number of anilines is 2. The van der Waals surface area contributed by atoms with E-state index >= 15 is 0 Å². The van der Waals surface area contributed by atoms with Crippen LogP contribution < -0.4 is 10.6 Å². The first-order valence-corrected chi connectivity index (χ1v) is 5.97. The third kappa shape index (κ3) is 3.37. The number of aromatic carboxylic acids is 1. The molecule has 0 amide bonds. The lowest BCUT2D eigenvalue weighted by atomic mass is 10.1. The van der Waals surface area contributed by atoms with Crippen molar-refractivity contribution in [1.29, 1.82) is 0 Å². The van der Waals surface area contributed by atoms with Crippen LogP contribution in [0.4, 0.5) is 11.4 Å². The highest BCUT2D eigenvalue weighted by atomic mass is 16.4. The van der Waals surface area contributed by atoms with Gasteiger partial charge in [0.1, 0.15) is 0 Å². The number of hydrogen-bond donors (Lipinski definition) is 3. The molecule has 0 fully saturated rings. The van der Waals surface area contributed by atoms with Gasteiger partial charge in [-0.05, 0) is 38.5 Å². The summed E-state index contributed by atoms with van der Waals surface area (Å²) in [6.45, 7) is 4.63. The average molecular weight is 252 g/mol. The summed E-state index contributed by atoms with van der Waals surface area (Å²) in [5, 5.41) is 18.1. The van der Waals surface area contributed by atoms with Gasteiger partial charge in [-0.25, -0.2) is 4.79 Å². The van der Waals surface area contributed by atoms with Crippen LogP contribution in [0.2, 0.25) is 0 Å². The number of aliphatic hydroxyl groups excluding tert-OH is 1. The topological polar surface area (TPSA) is 86.8 Å². The van der Waals surface area contributed by atoms with Crippen molar-refractivity contribution in [3.8, 4) is 0 Å². The molecule has 0 atom stereocenters. The molecule has 0 aliphatic carbocycles. The lowest BCUT2D eigenvalue weighted by Gasteiger charge is -2.30. The summed E-state index contributed by atoms with van der Waals surface area (Å²) in [5.41, 5.74) is 7.09. The number of carboxylic acid groups (broad SMARTS) is 1. The number of rotatable bonds is 6. The molecule has 0 saturated carbocycles. The molecule has 1 aromatic carbocycles. The van der Waals surface area contributed by atoms with E-state index in [2.05, 4.69) is 0 Å². The fourth-order valence-corrected chi connectivity index (χ4v) is 1.87. The van der Waals surface area contributed by atoms with Gasteiger partial charge in [-0.1, -0.05) is 0 Å². The van der Waals surface area contributed by atoms with Gasteiger partial charge in [-0.3, -0.25) is 0 Å². The van der Waals surface area contributed by atoms with Crippen LogP contribution >= 0.6 is 0 Å². The summed E-state index contributed by atoms with van der Waals surface area (Å²) in [5.74, 6) is -0.973. The third-order valence-corrected chi connectivity index (χ3v) is 2.74. The number of aliphatic hydroxyl groups is 1. The SMILES string of the molecule is CC(C)N(CCCO)c1cc(N)ccc1C(=O)O. The average Bonchev–Trinajstić information content (AvgIpc) is 2.28. The Balaban J connectivity index is 3.16. The molecule has 0 saturated heterocycles. The predicted molar refractivity (Wildman–Crippen MR) is 72.0 cm³/mol. The fraction of sp³-hybridized carbons (Fsp3) is 0.462. The van der Waals surface area contributed by atoms with Crippen molar-refractivity contribution in [2.75, 3.05) is 23.8 Å². The first-order valence-electron chi connectivity index (χ1n) is 5.97. The van der Waals surface area contributed by atoms with Crippen LogP contribution in [0, 0.1) is 0 Å². The van der Waals surface area contributed by atoms with Crippen LogP contribution in [-0.4, -0.2) is 35.4 Å². The van der Waals surface area contributed by atoms with E-state index in [1.165, 1.54) is 6.07 Å². The van der Waals surface area contributed by atoms with Crippen molar-refractivity contribution in [3.05, 3.63) is 23.8 Å². The molecule has 0 bridgehead atoms. The van der Waals surface area contributed by atoms with Crippen molar-refractivity contribution in [2.24, 2.45) is 0 Å². The van der Waals surface area contributed by atoms with Crippen LogP contribution in [0.5, 0.6) is 0 Å². The minimum absolute atomic E-state index is 0.0773. The maximum absolute atomic E-state index is 11.2. The molecule has 4 N–H and O–H groups in total. The van der Waals surface area contributed by atoms with E-state index in [9.17, 15) is 9.90 Å². The zero-order valence-electron chi connectivity index (χ0n) is 10.8. The zero-order chi connectivity index (χ0) is 13.7. The van der Waals surface area contributed by atoms with Crippen LogP contribution in [-0.2, 0) is 0 Å². The molecule has 0 radical (unpaired) electrons. The zero-order valence-corrected chi connectivity index (χ0v) is 10.8. The first-order chi connectivity index (χ1) is 8.47. The standard InChI is InChI=1S/C13H20N2O3/c1-9(2)15(6-3-7-16)12-8-10(14)4-5-11(12)13(17)18/h4-5,8-9,16H,3,6-7,14H2,1-2H3,(H,17,18). The van der Waals surface area contributed by atoms with Crippen molar-refractivity contribution < 1.29 is 15.0 Å². The van der Waals surface area contributed by atoms with Crippen molar-refractivity contribution in [3.63, 3.8) is 0 Å². The molecule has 0 aromatic heterocycles. The van der Waals surface area contributed by atoms with Gasteiger partial charge in [0.25, 0.3) is 0 Å². The van der Waals surface area contributed by atoms with Crippen molar-refractivity contribution in [1.82, 2.24) is 0 Å². The van der Waals surface area contributed by atoms with Gasteiger partial charge in [-0.15, -0.1) is 0 Å². The smallest absolute Gasteiger partial charge is 0.337 e. The summed E-state index contributed by atoms with van der Waals surface area (Å²) in [4.78, 5) is 13.2. The number of carbonyl (C=O) groups is 1. The number of hydrogen-bond acceptors (Lipinski definition) is 4. The van der Waals surface area contributed by atoms with Crippen LogP contribution in [0.25, 0.3) is 0 Å². The Bertz CT molecular complexity index is 419. The molecule has 1 aromatic rings. The molecule has 18 heavy (non-hydrogen) atoms. The molecule has 1 rings (SSSR count). The van der Waals surface area contributed by atoms with E-state index in [4.69, 9.17) is 10.8 Å². The summed E-state index contributed by atoms with van der Waals surface area (Å²) < 4.78 is 0. The molecule has 100 valence electrons. The number of carboxylic acids is 1. The summed E-state index contributed by atoms with van der Waals surface area (Å²) in [6, 6.07) is 4.90. The quantitative estimate of drug-likeness (QED) is 0.669. The van der Waals surface area contributed by atoms with Crippen molar-refractivity contribution in [2.45, 2.75) is 26.3 Å². The number of nitrogen functional groups attached to an aromatic ring is 1. The van der Waals surface area contributed by atoms with Gasteiger partial charge in [0.2, 0.25) is 0 Å². The molecule has 0 heterocycles. The van der Waals surface area contributed by atoms with E-state index in [0.717, 1.165) is 0 Å². The molecule has 0 unspecified atom stereocenters. The van der Waals surface area contributed by atoms with E-state index in [-0.39, 0.29) is 18.2 Å². The van der Waals surface area contributed by atoms with Gasteiger partial charge in [-0.2, -0.15) is 0 Å². The van der Waals surface area contributed by atoms with Crippen molar-refractivity contribution >= 4 is 17.3 Å². The minimum Gasteiger partial charge on any atom is -0.478 e. The second kappa shape index (κ2) is 6.26. The predicted octanol–water partition coefficient (Wildman–Crippen LogP) is 1.56. The fourth-order valence-electron chi connectivity index (χ4n) is 1.87. The third-order valence-electron chi connectivity index (χ3n) is 2.74. The van der Waals surface area contributed by atoms with Gasteiger partial charge < -0.3 is 20.8 Å².